The lowest BCUT2D eigenvalue weighted by Gasteiger charge is -2.51. The Morgan fingerprint density at radius 1 is 0.853 bits per heavy atom. The van der Waals surface area contributed by atoms with Gasteiger partial charge in [-0.15, -0.1) is 0 Å². The molecular formula is C27H20O7. The van der Waals surface area contributed by atoms with Crippen LogP contribution in [0.1, 0.15) is 50.5 Å². The number of ether oxygens (including phenoxy) is 2. The van der Waals surface area contributed by atoms with E-state index in [1.165, 1.54) is 30.3 Å². The highest BCUT2D eigenvalue weighted by molar-refractivity contribution is 6.36. The molecule has 0 saturated heterocycles. The van der Waals surface area contributed by atoms with E-state index in [9.17, 15) is 24.3 Å². The molecule has 3 atom stereocenters. The Morgan fingerprint density at radius 2 is 1.41 bits per heavy atom. The number of benzene rings is 2. The maximum absolute atomic E-state index is 14.3. The number of carbonyl (C=O) groups is 4. The summed E-state index contributed by atoms with van der Waals surface area (Å²) in [6, 6.07) is 12.4. The summed E-state index contributed by atoms with van der Waals surface area (Å²) in [5.41, 5.74) is -8.25. The van der Waals surface area contributed by atoms with Gasteiger partial charge in [-0.25, -0.2) is 0 Å². The molecule has 3 aliphatic carbocycles. The highest BCUT2D eigenvalue weighted by Crippen LogP contribution is 2.70. The van der Waals surface area contributed by atoms with Gasteiger partial charge in [0, 0.05) is 33.4 Å². The fraction of sp³-hybridized carbons (Fsp3) is 0.259. The van der Waals surface area contributed by atoms with Crippen LogP contribution in [-0.2, 0) is 19.9 Å². The zero-order chi connectivity index (χ0) is 24.3. The van der Waals surface area contributed by atoms with Crippen molar-refractivity contribution in [1.82, 2.24) is 0 Å². The Morgan fingerprint density at radius 3 is 1.97 bits per heavy atom. The van der Waals surface area contributed by atoms with Gasteiger partial charge >= 0.3 is 5.97 Å². The average Bonchev–Trinajstić information content (AvgIpc) is 3.24. The van der Waals surface area contributed by atoms with Gasteiger partial charge in [-0.1, -0.05) is 54.6 Å². The molecule has 4 aliphatic rings. The van der Waals surface area contributed by atoms with Gasteiger partial charge in [0.1, 0.15) is 0 Å². The number of fused-ring (bicyclic) bond motifs is 5. The Kier molecular flexibility index (Phi) is 3.72. The molecule has 1 spiro atoms. The van der Waals surface area contributed by atoms with E-state index in [1.807, 2.05) is 0 Å². The number of rotatable bonds is 1. The summed E-state index contributed by atoms with van der Waals surface area (Å²) in [7, 11) is 1.10. The van der Waals surface area contributed by atoms with E-state index >= 15 is 0 Å². The van der Waals surface area contributed by atoms with Crippen LogP contribution in [0, 0.1) is 5.41 Å². The van der Waals surface area contributed by atoms with Crippen LogP contribution in [-0.4, -0.2) is 46.7 Å². The van der Waals surface area contributed by atoms with Crippen molar-refractivity contribution in [2.24, 2.45) is 5.41 Å². The molecule has 0 unspecified atom stereocenters. The molecule has 170 valence electrons. The van der Waals surface area contributed by atoms with E-state index in [1.54, 1.807) is 44.2 Å². The lowest BCUT2D eigenvalue weighted by molar-refractivity contribution is -0.208. The number of esters is 1. The minimum absolute atomic E-state index is 0.0294. The summed E-state index contributed by atoms with van der Waals surface area (Å²) in [5.74, 6) is -3.15. The first-order valence-electron chi connectivity index (χ1n) is 10.9. The molecule has 1 heterocycles. The number of hydrogen-bond donors (Lipinski definition) is 1. The van der Waals surface area contributed by atoms with Gasteiger partial charge in [0.25, 0.3) is 0 Å². The van der Waals surface area contributed by atoms with Crippen molar-refractivity contribution in [3.8, 4) is 0 Å². The molecule has 1 N–H and O–H groups in total. The van der Waals surface area contributed by atoms with E-state index in [-0.39, 0.29) is 33.4 Å². The number of ketones is 3. The van der Waals surface area contributed by atoms with Crippen LogP contribution in [0.15, 0.2) is 71.8 Å². The molecule has 2 aromatic carbocycles. The van der Waals surface area contributed by atoms with Crippen molar-refractivity contribution >= 4 is 23.3 Å². The predicted molar refractivity (Wildman–Crippen MR) is 118 cm³/mol. The van der Waals surface area contributed by atoms with Crippen LogP contribution in [0.25, 0.3) is 0 Å². The second-order valence-electron chi connectivity index (χ2n) is 9.56. The lowest BCUT2D eigenvalue weighted by Crippen LogP contribution is -2.68. The van der Waals surface area contributed by atoms with Gasteiger partial charge < -0.3 is 14.6 Å². The number of aliphatic hydroxyl groups is 1. The molecule has 2 bridgehead atoms. The highest BCUT2D eigenvalue weighted by Gasteiger charge is 2.85. The first-order chi connectivity index (χ1) is 16.1. The normalized spacial score (nSPS) is 32.1. The maximum atomic E-state index is 14.3. The third-order valence-corrected chi connectivity index (χ3v) is 7.49. The molecule has 2 aromatic rings. The van der Waals surface area contributed by atoms with Crippen LogP contribution in [0.5, 0.6) is 0 Å². The number of methoxy groups -OCH3 is 1. The minimum Gasteiger partial charge on any atom is -0.468 e. The monoisotopic (exact) mass is 456 g/mol. The standard InChI is InChI=1S/C27H20O7/c1-24(2)12-13-25(34-24)26(23(31)33-3)18-19(21(29)15-9-5-4-8-14(15)20(18)28)27(25,32)17-11-7-6-10-16(17)22(26)30/h4-13,32H,1-3H3/t25-,26+,27-/m1/s1. The number of hydrogen-bond acceptors (Lipinski definition) is 7. The minimum atomic E-state index is -2.41. The molecule has 0 radical (unpaired) electrons. The average molecular weight is 456 g/mol. The first-order valence-corrected chi connectivity index (χ1v) is 10.9. The molecule has 6 rings (SSSR count). The molecule has 0 fully saturated rings. The predicted octanol–water partition coefficient (Wildman–Crippen LogP) is 2.72. The van der Waals surface area contributed by atoms with E-state index in [2.05, 4.69) is 0 Å². The largest absolute Gasteiger partial charge is 0.468 e. The van der Waals surface area contributed by atoms with Crippen molar-refractivity contribution in [3.63, 3.8) is 0 Å². The van der Waals surface area contributed by atoms with Crippen molar-refractivity contribution in [2.45, 2.75) is 30.7 Å². The second-order valence-corrected chi connectivity index (χ2v) is 9.56. The third-order valence-electron chi connectivity index (χ3n) is 7.49. The Labute approximate surface area is 194 Å². The zero-order valence-electron chi connectivity index (χ0n) is 18.7. The lowest BCUT2D eigenvalue weighted by atomic mass is 9.56. The van der Waals surface area contributed by atoms with Crippen molar-refractivity contribution in [2.75, 3.05) is 7.11 Å². The van der Waals surface area contributed by atoms with Gasteiger partial charge in [0.05, 0.1) is 12.7 Å². The van der Waals surface area contributed by atoms with Gasteiger partial charge in [-0.05, 0) is 19.9 Å². The first kappa shape index (κ1) is 20.9. The quantitative estimate of drug-likeness (QED) is 0.399. The van der Waals surface area contributed by atoms with E-state index in [0.717, 1.165) is 7.11 Å². The molecule has 0 saturated carbocycles. The summed E-state index contributed by atoms with van der Waals surface area (Å²) in [5, 5.41) is 12.6. The molecule has 0 amide bonds. The van der Waals surface area contributed by atoms with Gasteiger partial charge in [-0.2, -0.15) is 0 Å². The Hall–Kier alpha value is -3.68. The Balaban J connectivity index is 1.85. The number of Topliss-reactive ketones (excluding diaryl/α,β-unsaturated/α-hetero) is 3. The van der Waals surface area contributed by atoms with E-state index in [4.69, 9.17) is 9.47 Å². The van der Waals surface area contributed by atoms with Crippen LogP contribution in [0.4, 0.5) is 0 Å². The van der Waals surface area contributed by atoms with E-state index in [0.29, 0.717) is 0 Å². The van der Waals surface area contributed by atoms with Crippen molar-refractivity contribution < 1.29 is 33.8 Å². The molecule has 7 heteroatoms. The highest BCUT2D eigenvalue weighted by atomic mass is 16.6. The fourth-order valence-corrected chi connectivity index (χ4v) is 6.23. The molecule has 0 aromatic heterocycles. The maximum Gasteiger partial charge on any atom is 0.328 e. The molecule has 34 heavy (non-hydrogen) atoms. The zero-order valence-corrected chi connectivity index (χ0v) is 18.7. The fourth-order valence-electron chi connectivity index (χ4n) is 6.23. The van der Waals surface area contributed by atoms with Crippen molar-refractivity contribution in [3.05, 3.63) is 94.1 Å². The summed E-state index contributed by atoms with van der Waals surface area (Å²) < 4.78 is 11.5. The van der Waals surface area contributed by atoms with Crippen LogP contribution < -0.4 is 0 Å². The summed E-state index contributed by atoms with van der Waals surface area (Å²) in [4.78, 5) is 56.0. The molecule has 1 aliphatic heterocycles. The Bertz CT molecular complexity index is 1440. The smallest absolute Gasteiger partial charge is 0.328 e. The van der Waals surface area contributed by atoms with Crippen molar-refractivity contribution in [1.29, 1.82) is 0 Å². The van der Waals surface area contributed by atoms with Crippen LogP contribution >= 0.6 is 0 Å². The third kappa shape index (κ3) is 1.91. The number of carbonyl (C=O) groups excluding carboxylic acids is 4. The van der Waals surface area contributed by atoms with Gasteiger partial charge in [-0.3, -0.25) is 19.2 Å². The van der Waals surface area contributed by atoms with E-state index < -0.39 is 45.5 Å². The van der Waals surface area contributed by atoms with Crippen LogP contribution in [0.2, 0.25) is 0 Å². The van der Waals surface area contributed by atoms with Crippen LogP contribution in [0.3, 0.4) is 0 Å². The summed E-state index contributed by atoms with van der Waals surface area (Å²) >= 11 is 0. The second kappa shape index (κ2) is 6.05. The van der Waals surface area contributed by atoms with Gasteiger partial charge in [0.2, 0.25) is 0 Å². The summed E-state index contributed by atoms with van der Waals surface area (Å²) in [6.07, 6.45) is 3.07. The molecular weight excluding hydrogens is 436 g/mol. The summed E-state index contributed by atoms with van der Waals surface area (Å²) in [6.45, 7) is 3.41. The van der Waals surface area contributed by atoms with Gasteiger partial charge in [0.15, 0.2) is 34.0 Å². The topological polar surface area (TPSA) is 107 Å². The molecule has 7 nitrogen and oxygen atoms in total. The SMILES string of the molecule is COC(=O)[C@@]12C(=O)c3ccccc3[C@@](O)(C3=C1C(=O)c1ccccc1C3=O)[C@@]21C=CC(C)(C)O1.